The van der Waals surface area contributed by atoms with E-state index >= 15 is 0 Å². The molecule has 1 heterocycles. The van der Waals surface area contributed by atoms with E-state index in [1.807, 2.05) is 36.4 Å². The highest BCUT2D eigenvalue weighted by Crippen LogP contribution is 2.20. The number of aromatic hydroxyl groups is 1. The van der Waals surface area contributed by atoms with Crippen molar-refractivity contribution in [2.24, 2.45) is 4.99 Å². The minimum absolute atomic E-state index is 0.0316. The fourth-order valence-corrected chi connectivity index (χ4v) is 2.07. The van der Waals surface area contributed by atoms with Crippen LogP contribution in [-0.4, -0.2) is 15.9 Å². The molecular formula is C16H15N3O2. The van der Waals surface area contributed by atoms with E-state index in [0.717, 1.165) is 10.3 Å². The van der Waals surface area contributed by atoms with Crippen molar-refractivity contribution >= 4 is 11.9 Å². The maximum atomic E-state index is 12.0. The summed E-state index contributed by atoms with van der Waals surface area (Å²) in [5, 5.41) is 19.3. The second-order valence-corrected chi connectivity index (χ2v) is 4.49. The molecule has 1 aromatic heterocycles. The van der Waals surface area contributed by atoms with E-state index in [0.29, 0.717) is 11.1 Å². The molecule has 0 bridgehead atoms. The van der Waals surface area contributed by atoms with Crippen molar-refractivity contribution in [2.75, 3.05) is 0 Å². The Hall–Kier alpha value is -2.87. The highest BCUT2D eigenvalue weighted by Gasteiger charge is 2.16. The van der Waals surface area contributed by atoms with Crippen LogP contribution in [0.1, 0.15) is 23.6 Å². The average molecular weight is 281 g/mol. The molecule has 21 heavy (non-hydrogen) atoms. The number of aromatic nitrogens is 1. The van der Waals surface area contributed by atoms with Gasteiger partial charge in [0.25, 0.3) is 5.56 Å². The van der Waals surface area contributed by atoms with E-state index in [9.17, 15) is 9.90 Å². The van der Waals surface area contributed by atoms with Gasteiger partial charge in [-0.1, -0.05) is 18.2 Å². The van der Waals surface area contributed by atoms with Crippen molar-refractivity contribution in [1.82, 2.24) is 4.57 Å². The van der Waals surface area contributed by atoms with E-state index in [-0.39, 0.29) is 18.0 Å². The molecule has 5 heteroatoms. The molecule has 0 atom stereocenters. The molecule has 0 aliphatic carbocycles. The first kappa shape index (κ1) is 14.5. The second kappa shape index (κ2) is 6.06. The number of benzene rings is 1. The van der Waals surface area contributed by atoms with Crippen LogP contribution in [0.25, 0.3) is 0 Å². The predicted molar refractivity (Wildman–Crippen MR) is 81.2 cm³/mol. The van der Waals surface area contributed by atoms with Crippen LogP contribution in [0.5, 0.6) is 5.88 Å². The van der Waals surface area contributed by atoms with Crippen LogP contribution in [0.2, 0.25) is 0 Å². The summed E-state index contributed by atoms with van der Waals surface area (Å²) in [5.41, 5.74) is 1.10. The fourth-order valence-electron chi connectivity index (χ4n) is 2.07. The molecule has 0 saturated carbocycles. The SMILES string of the molecule is CCn1c(O)c(C=Nc2ccccc2)c(C)c(C#N)c1=O. The lowest BCUT2D eigenvalue weighted by atomic mass is 10.1. The Bertz CT molecular complexity index is 784. The monoisotopic (exact) mass is 281 g/mol. The highest BCUT2D eigenvalue weighted by atomic mass is 16.3. The summed E-state index contributed by atoms with van der Waals surface area (Å²) in [6, 6.07) is 11.1. The lowest BCUT2D eigenvalue weighted by Crippen LogP contribution is -2.24. The molecule has 1 N–H and O–H groups in total. The number of nitrogens with zero attached hydrogens (tertiary/aromatic N) is 3. The van der Waals surface area contributed by atoms with E-state index in [2.05, 4.69) is 4.99 Å². The number of hydrogen-bond acceptors (Lipinski definition) is 4. The normalized spacial score (nSPS) is 10.7. The second-order valence-electron chi connectivity index (χ2n) is 4.49. The average Bonchev–Trinajstić information content (AvgIpc) is 2.49. The Morgan fingerprint density at radius 3 is 2.62 bits per heavy atom. The van der Waals surface area contributed by atoms with Gasteiger partial charge in [-0.25, -0.2) is 0 Å². The van der Waals surface area contributed by atoms with Gasteiger partial charge in [0.2, 0.25) is 5.88 Å². The number of aliphatic imine (C=N–C) groups is 1. The summed E-state index contributed by atoms with van der Waals surface area (Å²) >= 11 is 0. The zero-order valence-electron chi connectivity index (χ0n) is 11.9. The van der Waals surface area contributed by atoms with Crippen LogP contribution >= 0.6 is 0 Å². The van der Waals surface area contributed by atoms with Crippen molar-refractivity contribution in [1.29, 1.82) is 5.26 Å². The van der Waals surface area contributed by atoms with Crippen LogP contribution in [-0.2, 0) is 6.54 Å². The lowest BCUT2D eigenvalue weighted by molar-refractivity contribution is 0.409. The molecule has 2 aromatic rings. The molecule has 0 spiro atoms. The van der Waals surface area contributed by atoms with E-state index < -0.39 is 5.56 Å². The first-order valence-corrected chi connectivity index (χ1v) is 6.55. The molecule has 0 aliphatic rings. The molecule has 0 saturated heterocycles. The zero-order chi connectivity index (χ0) is 15.4. The third-order valence-corrected chi connectivity index (χ3v) is 3.26. The molecule has 1 aromatic carbocycles. The van der Waals surface area contributed by atoms with Gasteiger partial charge in [0.1, 0.15) is 11.6 Å². The maximum absolute atomic E-state index is 12.0. The molecule has 0 aliphatic heterocycles. The molecule has 0 radical (unpaired) electrons. The van der Waals surface area contributed by atoms with Crippen molar-refractivity contribution in [2.45, 2.75) is 20.4 Å². The Morgan fingerprint density at radius 1 is 1.38 bits per heavy atom. The van der Waals surface area contributed by atoms with Crippen molar-refractivity contribution in [3.63, 3.8) is 0 Å². The number of para-hydroxylation sites is 1. The quantitative estimate of drug-likeness (QED) is 0.878. The summed E-state index contributed by atoms with van der Waals surface area (Å²) in [6.45, 7) is 3.65. The van der Waals surface area contributed by atoms with Crippen LogP contribution in [0.15, 0.2) is 40.1 Å². The lowest BCUT2D eigenvalue weighted by Gasteiger charge is -2.11. The zero-order valence-corrected chi connectivity index (χ0v) is 11.9. The molecular weight excluding hydrogens is 266 g/mol. The summed E-state index contributed by atoms with van der Waals surface area (Å²) < 4.78 is 1.16. The van der Waals surface area contributed by atoms with Gasteiger partial charge in [-0.15, -0.1) is 0 Å². The van der Waals surface area contributed by atoms with Crippen molar-refractivity contribution < 1.29 is 5.11 Å². The highest BCUT2D eigenvalue weighted by molar-refractivity contribution is 5.87. The summed E-state index contributed by atoms with van der Waals surface area (Å²) in [6.07, 6.45) is 1.48. The Kier molecular flexibility index (Phi) is 4.19. The minimum Gasteiger partial charge on any atom is -0.494 e. The Labute approximate surface area is 122 Å². The van der Waals surface area contributed by atoms with Crippen LogP contribution in [0, 0.1) is 18.3 Å². The van der Waals surface area contributed by atoms with E-state index in [1.54, 1.807) is 13.8 Å². The minimum atomic E-state index is -0.480. The van der Waals surface area contributed by atoms with Crippen molar-refractivity contribution in [3.8, 4) is 11.9 Å². The number of rotatable bonds is 3. The van der Waals surface area contributed by atoms with Gasteiger partial charge >= 0.3 is 0 Å². The summed E-state index contributed by atoms with van der Waals surface area (Å²) in [4.78, 5) is 16.3. The molecule has 106 valence electrons. The van der Waals surface area contributed by atoms with Crippen molar-refractivity contribution in [3.05, 3.63) is 57.4 Å². The summed E-state index contributed by atoms with van der Waals surface area (Å²) in [7, 11) is 0. The molecule has 0 fully saturated rings. The third kappa shape index (κ3) is 2.70. The van der Waals surface area contributed by atoms with Gasteiger partial charge in [-0.05, 0) is 31.5 Å². The van der Waals surface area contributed by atoms with E-state index in [1.165, 1.54) is 6.21 Å². The topological polar surface area (TPSA) is 78.4 Å². The largest absolute Gasteiger partial charge is 0.494 e. The Balaban J connectivity index is 2.62. The van der Waals surface area contributed by atoms with Gasteiger partial charge in [-0.3, -0.25) is 14.4 Å². The van der Waals surface area contributed by atoms with Gasteiger partial charge in [0.15, 0.2) is 0 Å². The number of pyridine rings is 1. The van der Waals surface area contributed by atoms with Crippen LogP contribution in [0.4, 0.5) is 5.69 Å². The smallest absolute Gasteiger partial charge is 0.271 e. The molecule has 2 rings (SSSR count). The van der Waals surface area contributed by atoms with Gasteiger partial charge in [0, 0.05) is 12.8 Å². The summed E-state index contributed by atoms with van der Waals surface area (Å²) in [5.74, 6) is -0.168. The first-order chi connectivity index (χ1) is 10.1. The number of nitriles is 1. The fraction of sp³-hybridized carbons (Fsp3) is 0.188. The van der Waals surface area contributed by atoms with E-state index in [4.69, 9.17) is 5.26 Å². The third-order valence-electron chi connectivity index (χ3n) is 3.26. The van der Waals surface area contributed by atoms with Gasteiger partial charge < -0.3 is 5.11 Å². The van der Waals surface area contributed by atoms with Crippen LogP contribution in [0.3, 0.4) is 0 Å². The number of hydrogen-bond donors (Lipinski definition) is 1. The van der Waals surface area contributed by atoms with Gasteiger partial charge in [0.05, 0.1) is 11.3 Å². The molecule has 5 nitrogen and oxygen atoms in total. The molecule has 0 unspecified atom stereocenters. The first-order valence-electron chi connectivity index (χ1n) is 6.55. The maximum Gasteiger partial charge on any atom is 0.271 e. The van der Waals surface area contributed by atoms with Crippen LogP contribution < -0.4 is 5.56 Å². The standard InChI is InChI=1S/C16H15N3O2/c1-3-19-15(20)13(9-17)11(2)14(16(19)21)10-18-12-7-5-4-6-8-12/h4-8,10,21H,3H2,1-2H3. The van der Waals surface area contributed by atoms with Gasteiger partial charge in [-0.2, -0.15) is 5.26 Å². The Morgan fingerprint density at radius 2 is 2.05 bits per heavy atom. The molecule has 0 amide bonds. The predicted octanol–water partition coefficient (Wildman–Crippen LogP) is 2.50.